The zero-order valence-corrected chi connectivity index (χ0v) is 10.3. The van der Waals surface area contributed by atoms with Gasteiger partial charge in [0.05, 0.1) is 0 Å². The van der Waals surface area contributed by atoms with E-state index in [1.165, 1.54) is 18.5 Å². The first-order valence-corrected chi connectivity index (χ1v) is 6.02. The van der Waals surface area contributed by atoms with Gasteiger partial charge in [-0.15, -0.1) is 0 Å². The van der Waals surface area contributed by atoms with Crippen molar-refractivity contribution in [2.75, 3.05) is 6.54 Å². The lowest BCUT2D eigenvalue weighted by Crippen LogP contribution is -2.23. The van der Waals surface area contributed by atoms with Gasteiger partial charge in [-0.3, -0.25) is 0 Å². The monoisotopic (exact) mass is 245 g/mol. The van der Waals surface area contributed by atoms with Gasteiger partial charge < -0.3 is 5.32 Å². The van der Waals surface area contributed by atoms with E-state index in [1.807, 2.05) is 24.5 Å². The highest BCUT2D eigenvalue weighted by atomic mass is 19.1. The van der Waals surface area contributed by atoms with Crippen molar-refractivity contribution in [3.63, 3.8) is 0 Å². The molecule has 0 amide bonds. The molecule has 3 nitrogen and oxygen atoms in total. The number of aromatic nitrogens is 2. The van der Waals surface area contributed by atoms with E-state index in [1.54, 1.807) is 0 Å². The fraction of sp³-hybridized carbons (Fsp3) is 0.286. The maximum atomic E-state index is 12.9. The second kappa shape index (κ2) is 6.21. The van der Waals surface area contributed by atoms with E-state index in [2.05, 4.69) is 22.2 Å². The molecule has 1 heterocycles. The highest BCUT2D eigenvalue weighted by molar-refractivity contribution is 5.20. The van der Waals surface area contributed by atoms with Gasteiger partial charge in [-0.05, 0) is 30.7 Å². The molecule has 1 aromatic carbocycles. The summed E-state index contributed by atoms with van der Waals surface area (Å²) >= 11 is 0. The van der Waals surface area contributed by atoms with E-state index in [0.29, 0.717) is 0 Å². The Hall–Kier alpha value is -1.81. The number of rotatable bonds is 5. The molecule has 1 N–H and O–H groups in total. The molecule has 0 saturated carbocycles. The quantitative estimate of drug-likeness (QED) is 0.879. The molecule has 0 aliphatic rings. The molecular formula is C14H16FN3. The molecule has 0 fully saturated rings. The molecule has 0 aliphatic carbocycles. The normalized spacial score (nSPS) is 12.3. The minimum atomic E-state index is -0.207. The van der Waals surface area contributed by atoms with Crippen molar-refractivity contribution in [3.05, 3.63) is 59.9 Å². The van der Waals surface area contributed by atoms with Gasteiger partial charge in [-0.25, -0.2) is 14.4 Å². The molecule has 0 bridgehead atoms. The fourth-order valence-electron chi connectivity index (χ4n) is 1.90. The third-order valence-electron chi connectivity index (χ3n) is 2.79. The molecule has 1 unspecified atom stereocenters. The Kier molecular flexibility index (Phi) is 4.36. The second-order valence-electron chi connectivity index (χ2n) is 4.11. The van der Waals surface area contributed by atoms with Crippen LogP contribution < -0.4 is 5.32 Å². The van der Waals surface area contributed by atoms with Crippen LogP contribution in [-0.4, -0.2) is 16.5 Å². The lowest BCUT2D eigenvalue weighted by Gasteiger charge is -2.17. The largest absolute Gasteiger partial charge is 0.310 e. The number of benzene rings is 1. The van der Waals surface area contributed by atoms with Crippen LogP contribution in [0.1, 0.15) is 24.1 Å². The van der Waals surface area contributed by atoms with Crippen LogP contribution in [0, 0.1) is 5.82 Å². The molecule has 94 valence electrons. The molecule has 0 saturated heterocycles. The van der Waals surface area contributed by atoms with Gasteiger partial charge >= 0.3 is 0 Å². The van der Waals surface area contributed by atoms with Crippen LogP contribution in [0.3, 0.4) is 0 Å². The minimum absolute atomic E-state index is 0.154. The number of nitrogens with zero attached hydrogens (tertiary/aromatic N) is 2. The summed E-state index contributed by atoms with van der Waals surface area (Å²) in [6.07, 6.45) is 5.93. The van der Waals surface area contributed by atoms with Gasteiger partial charge in [0, 0.05) is 24.0 Å². The Morgan fingerprint density at radius 3 is 2.44 bits per heavy atom. The Bertz CT molecular complexity index is 470. The Morgan fingerprint density at radius 1 is 1.17 bits per heavy atom. The molecule has 2 rings (SSSR count). The Labute approximate surface area is 106 Å². The van der Waals surface area contributed by atoms with Crippen LogP contribution in [0.2, 0.25) is 0 Å². The van der Waals surface area contributed by atoms with E-state index in [9.17, 15) is 4.39 Å². The van der Waals surface area contributed by atoms with E-state index < -0.39 is 0 Å². The van der Waals surface area contributed by atoms with E-state index in [4.69, 9.17) is 0 Å². The smallest absolute Gasteiger partial charge is 0.123 e. The van der Waals surface area contributed by atoms with Crippen molar-refractivity contribution >= 4 is 0 Å². The standard InChI is InChI=1S/C14H16FN3/c1-2-18-14(12-8-16-10-17-9-12)7-11-3-5-13(15)6-4-11/h3-6,8-10,14,18H,2,7H2,1H3. The van der Waals surface area contributed by atoms with Gasteiger partial charge in [0.2, 0.25) is 0 Å². The van der Waals surface area contributed by atoms with Crippen molar-refractivity contribution in [2.24, 2.45) is 0 Å². The summed E-state index contributed by atoms with van der Waals surface area (Å²) in [6, 6.07) is 6.74. The van der Waals surface area contributed by atoms with Crippen molar-refractivity contribution in [1.29, 1.82) is 0 Å². The average molecular weight is 245 g/mol. The van der Waals surface area contributed by atoms with Gasteiger partial charge in [-0.1, -0.05) is 19.1 Å². The van der Waals surface area contributed by atoms with Crippen LogP contribution >= 0.6 is 0 Å². The van der Waals surface area contributed by atoms with Gasteiger partial charge in [0.1, 0.15) is 12.1 Å². The van der Waals surface area contributed by atoms with Crippen LogP contribution in [0.5, 0.6) is 0 Å². The third-order valence-corrected chi connectivity index (χ3v) is 2.79. The van der Waals surface area contributed by atoms with Crippen molar-refractivity contribution < 1.29 is 4.39 Å². The Balaban J connectivity index is 2.14. The summed E-state index contributed by atoms with van der Waals surface area (Å²) in [5, 5.41) is 3.39. The molecule has 4 heteroatoms. The molecule has 0 spiro atoms. The van der Waals surface area contributed by atoms with Crippen molar-refractivity contribution in [3.8, 4) is 0 Å². The lowest BCUT2D eigenvalue weighted by atomic mass is 10.0. The van der Waals surface area contributed by atoms with Crippen LogP contribution in [0.15, 0.2) is 43.0 Å². The van der Waals surface area contributed by atoms with Gasteiger partial charge in [-0.2, -0.15) is 0 Å². The van der Waals surface area contributed by atoms with E-state index in [0.717, 1.165) is 24.1 Å². The van der Waals surface area contributed by atoms with E-state index >= 15 is 0 Å². The molecule has 0 aliphatic heterocycles. The SMILES string of the molecule is CCNC(Cc1ccc(F)cc1)c1cncnc1. The zero-order chi connectivity index (χ0) is 12.8. The fourth-order valence-corrected chi connectivity index (χ4v) is 1.90. The maximum absolute atomic E-state index is 12.9. The van der Waals surface area contributed by atoms with Crippen LogP contribution in [0.4, 0.5) is 4.39 Å². The average Bonchev–Trinajstić information content (AvgIpc) is 2.42. The minimum Gasteiger partial charge on any atom is -0.310 e. The first kappa shape index (κ1) is 12.6. The summed E-state index contributed by atoms with van der Waals surface area (Å²) in [7, 11) is 0. The zero-order valence-electron chi connectivity index (χ0n) is 10.3. The van der Waals surface area contributed by atoms with Gasteiger partial charge in [0.25, 0.3) is 0 Å². The Morgan fingerprint density at radius 2 is 1.83 bits per heavy atom. The first-order valence-electron chi connectivity index (χ1n) is 6.02. The topological polar surface area (TPSA) is 37.8 Å². The van der Waals surface area contributed by atoms with Crippen molar-refractivity contribution in [2.45, 2.75) is 19.4 Å². The molecule has 18 heavy (non-hydrogen) atoms. The van der Waals surface area contributed by atoms with Gasteiger partial charge in [0.15, 0.2) is 0 Å². The summed E-state index contributed by atoms with van der Waals surface area (Å²) in [5.41, 5.74) is 2.13. The number of hydrogen-bond acceptors (Lipinski definition) is 3. The number of hydrogen-bond donors (Lipinski definition) is 1. The number of halogens is 1. The predicted molar refractivity (Wildman–Crippen MR) is 68.6 cm³/mol. The molecule has 1 atom stereocenters. The number of nitrogens with one attached hydrogen (secondary N) is 1. The van der Waals surface area contributed by atoms with Crippen molar-refractivity contribution in [1.82, 2.24) is 15.3 Å². The second-order valence-corrected chi connectivity index (χ2v) is 4.11. The summed E-state index contributed by atoms with van der Waals surface area (Å²) < 4.78 is 12.9. The van der Waals surface area contributed by atoms with E-state index in [-0.39, 0.29) is 11.9 Å². The highest BCUT2D eigenvalue weighted by Gasteiger charge is 2.11. The van der Waals surface area contributed by atoms with Crippen LogP contribution in [-0.2, 0) is 6.42 Å². The van der Waals surface area contributed by atoms with Crippen LogP contribution in [0.25, 0.3) is 0 Å². The molecular weight excluding hydrogens is 229 g/mol. The molecule has 0 radical (unpaired) electrons. The molecule has 1 aromatic heterocycles. The highest BCUT2D eigenvalue weighted by Crippen LogP contribution is 2.17. The summed E-state index contributed by atoms with van der Waals surface area (Å²) in [5.74, 6) is -0.207. The maximum Gasteiger partial charge on any atom is 0.123 e. The molecule has 2 aromatic rings. The summed E-state index contributed by atoms with van der Waals surface area (Å²) in [4.78, 5) is 8.06. The lowest BCUT2D eigenvalue weighted by molar-refractivity contribution is 0.545. The number of likely N-dealkylation sites (N-methyl/N-ethyl adjacent to an activating group) is 1. The first-order chi connectivity index (χ1) is 8.79. The third kappa shape index (κ3) is 3.34. The predicted octanol–water partition coefficient (Wildman–Crippen LogP) is 2.51. The summed E-state index contributed by atoms with van der Waals surface area (Å²) in [6.45, 7) is 2.92.